The van der Waals surface area contributed by atoms with E-state index < -0.39 is 0 Å². The highest BCUT2D eigenvalue weighted by Crippen LogP contribution is 2.19. The summed E-state index contributed by atoms with van der Waals surface area (Å²) in [6.45, 7) is 10.4. The van der Waals surface area contributed by atoms with E-state index >= 15 is 0 Å². The molecule has 6 heteroatoms. The van der Waals surface area contributed by atoms with E-state index in [2.05, 4.69) is 45.9 Å². The van der Waals surface area contributed by atoms with E-state index in [4.69, 9.17) is 0 Å². The van der Waals surface area contributed by atoms with Crippen molar-refractivity contribution in [3.63, 3.8) is 0 Å². The third-order valence-corrected chi connectivity index (χ3v) is 5.30. The first-order valence-electron chi connectivity index (χ1n) is 10.2. The monoisotopic (exact) mass is 381 g/mol. The second-order valence-corrected chi connectivity index (χ2v) is 7.71. The quantitative estimate of drug-likeness (QED) is 0.748. The van der Waals surface area contributed by atoms with Crippen LogP contribution < -0.4 is 10.2 Å². The Hall–Kier alpha value is -2.47. The van der Waals surface area contributed by atoms with Gasteiger partial charge in [-0.25, -0.2) is 4.98 Å². The third-order valence-electron chi connectivity index (χ3n) is 5.30. The molecule has 6 nitrogen and oxygen atoms in total. The predicted octanol–water partition coefficient (Wildman–Crippen LogP) is 2.76. The number of aromatic nitrogens is 2. The molecule has 0 bridgehead atoms. The van der Waals surface area contributed by atoms with Crippen LogP contribution in [0, 0.1) is 0 Å². The van der Waals surface area contributed by atoms with Crippen LogP contribution in [0.15, 0.2) is 42.7 Å². The van der Waals surface area contributed by atoms with Crippen molar-refractivity contribution >= 4 is 11.7 Å². The zero-order chi connectivity index (χ0) is 19.9. The van der Waals surface area contributed by atoms with Crippen LogP contribution in [0.4, 0.5) is 5.82 Å². The molecule has 2 aromatic rings. The molecule has 2 aromatic heterocycles. The van der Waals surface area contributed by atoms with Gasteiger partial charge in [-0.3, -0.25) is 14.7 Å². The lowest BCUT2D eigenvalue weighted by Crippen LogP contribution is -2.54. The molecule has 0 spiro atoms. The highest BCUT2D eigenvalue weighted by Gasteiger charge is 2.26. The molecule has 0 aliphatic carbocycles. The first kappa shape index (κ1) is 20.3. The van der Waals surface area contributed by atoms with Crippen LogP contribution in [0.1, 0.15) is 43.2 Å². The molecule has 1 fully saturated rings. The van der Waals surface area contributed by atoms with Crippen LogP contribution in [0.5, 0.6) is 0 Å². The normalized spacial score (nSPS) is 17.7. The van der Waals surface area contributed by atoms with Crippen LogP contribution in [0.25, 0.3) is 0 Å². The zero-order valence-electron chi connectivity index (χ0n) is 17.1. The molecule has 1 amide bonds. The minimum Gasteiger partial charge on any atom is -0.354 e. The Labute approximate surface area is 168 Å². The van der Waals surface area contributed by atoms with Gasteiger partial charge in [0.2, 0.25) is 0 Å². The first-order valence-corrected chi connectivity index (χ1v) is 10.2. The zero-order valence-corrected chi connectivity index (χ0v) is 17.1. The highest BCUT2D eigenvalue weighted by molar-refractivity contribution is 5.94. The summed E-state index contributed by atoms with van der Waals surface area (Å²) in [7, 11) is 0. The van der Waals surface area contributed by atoms with E-state index in [1.807, 2.05) is 30.3 Å². The number of amides is 1. The van der Waals surface area contributed by atoms with Crippen molar-refractivity contribution in [3.05, 3.63) is 54.0 Å². The second-order valence-electron chi connectivity index (χ2n) is 7.71. The van der Waals surface area contributed by atoms with Crippen LogP contribution in [-0.2, 0) is 6.42 Å². The van der Waals surface area contributed by atoms with Gasteiger partial charge in [-0.15, -0.1) is 0 Å². The fourth-order valence-electron chi connectivity index (χ4n) is 3.77. The van der Waals surface area contributed by atoms with E-state index in [0.29, 0.717) is 24.2 Å². The van der Waals surface area contributed by atoms with Crippen molar-refractivity contribution in [1.82, 2.24) is 20.2 Å². The fraction of sp³-hybridized carbons (Fsp3) is 0.500. The molecule has 1 saturated heterocycles. The SMILES string of the molecule is CC(C)N1CCN(c2ccc(C(=O)NCCCc3ccccn3)cn2)CC1C. The van der Waals surface area contributed by atoms with Gasteiger partial charge in [-0.05, 0) is 57.9 Å². The molecule has 0 radical (unpaired) electrons. The summed E-state index contributed by atoms with van der Waals surface area (Å²) < 4.78 is 0. The summed E-state index contributed by atoms with van der Waals surface area (Å²) >= 11 is 0. The minimum absolute atomic E-state index is 0.0712. The molecule has 3 rings (SSSR count). The van der Waals surface area contributed by atoms with Gasteiger partial charge in [-0.1, -0.05) is 6.07 Å². The van der Waals surface area contributed by atoms with Gasteiger partial charge in [0.05, 0.1) is 5.56 Å². The molecule has 0 aromatic carbocycles. The van der Waals surface area contributed by atoms with E-state index in [1.165, 1.54) is 0 Å². The smallest absolute Gasteiger partial charge is 0.252 e. The second kappa shape index (κ2) is 9.64. The molecule has 1 unspecified atom stereocenters. The minimum atomic E-state index is -0.0712. The summed E-state index contributed by atoms with van der Waals surface area (Å²) in [6.07, 6.45) is 5.21. The van der Waals surface area contributed by atoms with E-state index in [0.717, 1.165) is 44.0 Å². The van der Waals surface area contributed by atoms with Crippen LogP contribution in [0.2, 0.25) is 0 Å². The lowest BCUT2D eigenvalue weighted by molar-refractivity contribution is 0.0953. The Balaban J connectivity index is 1.46. The van der Waals surface area contributed by atoms with Gasteiger partial charge in [-0.2, -0.15) is 0 Å². The summed E-state index contributed by atoms with van der Waals surface area (Å²) in [5.74, 6) is 0.875. The fourth-order valence-corrected chi connectivity index (χ4v) is 3.77. The van der Waals surface area contributed by atoms with E-state index in [9.17, 15) is 4.79 Å². The Morgan fingerprint density at radius 2 is 2.07 bits per heavy atom. The molecule has 1 aliphatic rings. The number of hydrogen-bond donors (Lipinski definition) is 1. The summed E-state index contributed by atoms with van der Waals surface area (Å²) in [6, 6.07) is 10.8. The average Bonchev–Trinajstić information content (AvgIpc) is 2.71. The van der Waals surface area contributed by atoms with E-state index in [1.54, 1.807) is 12.4 Å². The molecular weight excluding hydrogens is 350 g/mol. The summed E-state index contributed by atoms with van der Waals surface area (Å²) in [4.78, 5) is 26.0. The van der Waals surface area contributed by atoms with Crippen LogP contribution in [-0.4, -0.2) is 59.0 Å². The molecule has 1 aliphatic heterocycles. The Bertz CT molecular complexity index is 747. The summed E-state index contributed by atoms with van der Waals surface area (Å²) in [5.41, 5.74) is 1.66. The van der Waals surface area contributed by atoms with Crippen molar-refractivity contribution in [1.29, 1.82) is 0 Å². The molecule has 1 atom stereocenters. The summed E-state index contributed by atoms with van der Waals surface area (Å²) in [5, 5.41) is 2.97. The van der Waals surface area contributed by atoms with Gasteiger partial charge in [0.1, 0.15) is 5.82 Å². The Morgan fingerprint density at radius 1 is 1.21 bits per heavy atom. The third kappa shape index (κ3) is 5.29. The van der Waals surface area contributed by atoms with Crippen LogP contribution in [0.3, 0.4) is 0 Å². The van der Waals surface area contributed by atoms with Gasteiger partial charge in [0.25, 0.3) is 5.91 Å². The van der Waals surface area contributed by atoms with Gasteiger partial charge < -0.3 is 10.2 Å². The maximum absolute atomic E-state index is 12.3. The van der Waals surface area contributed by atoms with Crippen molar-refractivity contribution in [2.45, 2.75) is 45.7 Å². The number of pyridine rings is 2. The van der Waals surface area contributed by atoms with Gasteiger partial charge >= 0.3 is 0 Å². The van der Waals surface area contributed by atoms with E-state index in [-0.39, 0.29) is 5.91 Å². The van der Waals surface area contributed by atoms with Crippen molar-refractivity contribution < 1.29 is 4.79 Å². The number of hydrogen-bond acceptors (Lipinski definition) is 5. The maximum atomic E-state index is 12.3. The first-order chi connectivity index (χ1) is 13.5. The molecule has 0 saturated carbocycles. The highest BCUT2D eigenvalue weighted by atomic mass is 16.1. The average molecular weight is 382 g/mol. The largest absolute Gasteiger partial charge is 0.354 e. The number of aryl methyl sites for hydroxylation is 1. The number of carbonyl (C=O) groups excluding carboxylic acids is 1. The van der Waals surface area contributed by atoms with Crippen molar-refractivity contribution in [3.8, 4) is 0 Å². The van der Waals surface area contributed by atoms with Crippen molar-refractivity contribution in [2.24, 2.45) is 0 Å². The maximum Gasteiger partial charge on any atom is 0.252 e. The molecular formula is C22H31N5O. The van der Waals surface area contributed by atoms with Gasteiger partial charge in [0, 0.05) is 56.4 Å². The standard InChI is InChI=1S/C22H31N5O/c1-17(2)27-14-13-26(16-18(27)3)21-10-9-19(15-25-21)22(28)24-12-6-8-20-7-4-5-11-23-20/h4-5,7,9-11,15,17-18H,6,8,12-14,16H2,1-3H3,(H,24,28). The van der Waals surface area contributed by atoms with Crippen molar-refractivity contribution in [2.75, 3.05) is 31.1 Å². The number of rotatable bonds is 7. The molecule has 3 heterocycles. The predicted molar refractivity (Wildman–Crippen MR) is 113 cm³/mol. The molecule has 28 heavy (non-hydrogen) atoms. The molecule has 150 valence electrons. The number of carbonyl (C=O) groups is 1. The Morgan fingerprint density at radius 3 is 2.71 bits per heavy atom. The number of nitrogens with one attached hydrogen (secondary N) is 1. The number of nitrogens with zero attached hydrogens (tertiary/aromatic N) is 4. The number of anilines is 1. The van der Waals surface area contributed by atoms with Crippen LogP contribution >= 0.6 is 0 Å². The van der Waals surface area contributed by atoms with Gasteiger partial charge in [0.15, 0.2) is 0 Å². The Kier molecular flexibility index (Phi) is 6.98. The lowest BCUT2D eigenvalue weighted by atomic mass is 10.1. The topological polar surface area (TPSA) is 61.4 Å². The number of piperazine rings is 1. The lowest BCUT2D eigenvalue weighted by Gasteiger charge is -2.42. The molecule has 1 N–H and O–H groups in total.